The van der Waals surface area contributed by atoms with Crippen molar-refractivity contribution in [3.63, 3.8) is 0 Å². The third-order valence-electron chi connectivity index (χ3n) is 3.23. The molecule has 2 atom stereocenters. The van der Waals surface area contributed by atoms with E-state index in [-0.39, 0.29) is 22.8 Å². The summed E-state index contributed by atoms with van der Waals surface area (Å²) >= 11 is 0. The van der Waals surface area contributed by atoms with Gasteiger partial charge in [-0.15, -0.1) is 0 Å². The molecule has 5 heteroatoms. The Morgan fingerprint density at radius 1 is 1.21 bits per heavy atom. The van der Waals surface area contributed by atoms with E-state index in [2.05, 4.69) is 5.32 Å². The summed E-state index contributed by atoms with van der Waals surface area (Å²) in [6, 6.07) is 6.47. The number of benzene rings is 1. The van der Waals surface area contributed by atoms with Crippen LogP contribution in [-0.4, -0.2) is 20.6 Å². The summed E-state index contributed by atoms with van der Waals surface area (Å²) in [7, 11) is -3.17. The normalized spacial score (nSPS) is 14.7. The fourth-order valence-corrected chi connectivity index (χ4v) is 2.26. The molecule has 0 aliphatic rings. The average molecular weight is 283 g/mol. The largest absolute Gasteiger partial charge is 0.349 e. The quantitative estimate of drug-likeness (QED) is 0.902. The minimum absolute atomic E-state index is 0.0159. The Balaban J connectivity index is 2.79. The van der Waals surface area contributed by atoms with Gasteiger partial charge in [0.05, 0.1) is 10.9 Å². The lowest BCUT2D eigenvalue weighted by Crippen LogP contribution is -2.31. The first-order chi connectivity index (χ1) is 8.75. The van der Waals surface area contributed by atoms with E-state index in [0.717, 1.165) is 12.0 Å². The van der Waals surface area contributed by atoms with E-state index in [1.54, 1.807) is 24.3 Å². The van der Waals surface area contributed by atoms with Crippen molar-refractivity contribution in [2.75, 3.05) is 6.26 Å². The van der Waals surface area contributed by atoms with Crippen LogP contribution in [0.5, 0.6) is 0 Å². The molecule has 0 aliphatic heterocycles. The second kappa shape index (κ2) is 6.19. The maximum Gasteiger partial charge on any atom is 0.223 e. The lowest BCUT2D eigenvalue weighted by atomic mass is 10.1. The first kappa shape index (κ1) is 15.7. The van der Waals surface area contributed by atoms with E-state index in [4.69, 9.17) is 0 Å². The summed E-state index contributed by atoms with van der Waals surface area (Å²) in [6.07, 6.45) is 1.97. The van der Waals surface area contributed by atoms with Crippen molar-refractivity contribution in [2.45, 2.75) is 38.1 Å². The van der Waals surface area contributed by atoms with Crippen molar-refractivity contribution in [1.29, 1.82) is 0 Å². The molecule has 0 heterocycles. The summed E-state index contributed by atoms with van der Waals surface area (Å²) in [5, 5.41) is 2.92. The van der Waals surface area contributed by atoms with Gasteiger partial charge in [-0.2, -0.15) is 0 Å². The van der Waals surface area contributed by atoms with Crippen molar-refractivity contribution >= 4 is 15.7 Å². The summed E-state index contributed by atoms with van der Waals surface area (Å²) in [4.78, 5) is 12.1. The Morgan fingerprint density at radius 3 is 2.16 bits per heavy atom. The van der Waals surface area contributed by atoms with Gasteiger partial charge in [-0.05, 0) is 31.0 Å². The van der Waals surface area contributed by atoms with Crippen molar-refractivity contribution in [2.24, 2.45) is 5.92 Å². The van der Waals surface area contributed by atoms with Gasteiger partial charge in [-0.25, -0.2) is 8.42 Å². The maximum atomic E-state index is 11.8. The van der Waals surface area contributed by atoms with E-state index in [0.29, 0.717) is 0 Å². The maximum absolute atomic E-state index is 11.8. The van der Waals surface area contributed by atoms with Gasteiger partial charge in [0.2, 0.25) is 5.91 Å². The van der Waals surface area contributed by atoms with E-state index in [1.807, 2.05) is 20.8 Å². The third-order valence-corrected chi connectivity index (χ3v) is 4.36. The molecule has 0 aromatic heterocycles. The molecule has 1 amide bonds. The molecule has 106 valence electrons. The minimum Gasteiger partial charge on any atom is -0.349 e. The standard InChI is InChI=1S/C14H21NO3S/c1-5-10(2)14(16)15-11(3)12-6-8-13(9-7-12)19(4,17)18/h6-11H,5H2,1-4H3,(H,15,16). The van der Waals surface area contributed by atoms with Gasteiger partial charge in [0.15, 0.2) is 9.84 Å². The molecule has 0 radical (unpaired) electrons. The Kier molecular flexibility index (Phi) is 5.11. The van der Waals surface area contributed by atoms with Crippen LogP contribution in [0.3, 0.4) is 0 Å². The molecular formula is C14H21NO3S. The number of nitrogens with one attached hydrogen (secondary N) is 1. The highest BCUT2D eigenvalue weighted by atomic mass is 32.2. The van der Waals surface area contributed by atoms with Gasteiger partial charge >= 0.3 is 0 Å². The predicted octanol–water partition coefficient (Wildman–Crippen LogP) is 2.31. The molecule has 0 fully saturated rings. The van der Waals surface area contributed by atoms with Crippen molar-refractivity contribution in [3.8, 4) is 0 Å². The monoisotopic (exact) mass is 283 g/mol. The molecule has 0 saturated heterocycles. The number of sulfone groups is 1. The Hall–Kier alpha value is -1.36. The highest BCUT2D eigenvalue weighted by Gasteiger charge is 2.15. The predicted molar refractivity (Wildman–Crippen MR) is 75.6 cm³/mol. The first-order valence-electron chi connectivity index (χ1n) is 6.36. The van der Waals surface area contributed by atoms with E-state index in [9.17, 15) is 13.2 Å². The van der Waals surface area contributed by atoms with Crippen LogP contribution in [0.4, 0.5) is 0 Å². The number of carbonyl (C=O) groups is 1. The summed E-state index contributed by atoms with van der Waals surface area (Å²) in [6.45, 7) is 5.74. The Bertz CT molecular complexity index is 534. The molecule has 0 aliphatic carbocycles. The van der Waals surface area contributed by atoms with Gasteiger partial charge in [0, 0.05) is 12.2 Å². The Morgan fingerprint density at radius 2 is 1.74 bits per heavy atom. The van der Waals surface area contributed by atoms with Gasteiger partial charge in [-0.1, -0.05) is 26.0 Å². The van der Waals surface area contributed by atoms with E-state index >= 15 is 0 Å². The van der Waals surface area contributed by atoms with Crippen LogP contribution >= 0.6 is 0 Å². The molecule has 0 bridgehead atoms. The first-order valence-corrected chi connectivity index (χ1v) is 8.25. The van der Waals surface area contributed by atoms with Crippen molar-refractivity contribution < 1.29 is 13.2 Å². The molecule has 1 aromatic carbocycles. The number of hydrogen-bond donors (Lipinski definition) is 1. The summed E-state index contributed by atoms with van der Waals surface area (Å²) in [5.74, 6) is -0.0000626. The van der Waals surface area contributed by atoms with Crippen LogP contribution in [0, 0.1) is 5.92 Å². The van der Waals surface area contributed by atoms with Crippen LogP contribution in [0.25, 0.3) is 0 Å². The fraction of sp³-hybridized carbons (Fsp3) is 0.500. The van der Waals surface area contributed by atoms with E-state index in [1.165, 1.54) is 6.26 Å². The fourth-order valence-electron chi connectivity index (χ4n) is 1.63. The highest BCUT2D eigenvalue weighted by molar-refractivity contribution is 7.90. The molecule has 1 rings (SSSR count). The van der Waals surface area contributed by atoms with Gasteiger partial charge < -0.3 is 5.32 Å². The van der Waals surface area contributed by atoms with Crippen molar-refractivity contribution in [3.05, 3.63) is 29.8 Å². The molecule has 19 heavy (non-hydrogen) atoms. The number of carbonyl (C=O) groups excluding carboxylic acids is 1. The zero-order chi connectivity index (χ0) is 14.6. The second-order valence-electron chi connectivity index (χ2n) is 4.88. The van der Waals surface area contributed by atoms with Crippen LogP contribution in [0.1, 0.15) is 38.8 Å². The van der Waals surface area contributed by atoms with Gasteiger partial charge in [-0.3, -0.25) is 4.79 Å². The lowest BCUT2D eigenvalue weighted by Gasteiger charge is -2.17. The lowest BCUT2D eigenvalue weighted by molar-refractivity contribution is -0.125. The summed E-state index contributed by atoms with van der Waals surface area (Å²) in [5.41, 5.74) is 0.893. The summed E-state index contributed by atoms with van der Waals surface area (Å²) < 4.78 is 22.7. The SMILES string of the molecule is CCC(C)C(=O)NC(C)c1ccc(S(C)(=O)=O)cc1. The van der Waals surface area contributed by atoms with E-state index < -0.39 is 9.84 Å². The van der Waals surface area contributed by atoms with Crippen LogP contribution < -0.4 is 5.32 Å². The van der Waals surface area contributed by atoms with Crippen LogP contribution in [0.15, 0.2) is 29.2 Å². The second-order valence-corrected chi connectivity index (χ2v) is 6.90. The Labute approximate surface area is 115 Å². The number of amides is 1. The van der Waals surface area contributed by atoms with Gasteiger partial charge in [0.1, 0.15) is 0 Å². The third kappa shape index (κ3) is 4.35. The molecule has 1 N–H and O–H groups in total. The highest BCUT2D eigenvalue weighted by Crippen LogP contribution is 2.17. The van der Waals surface area contributed by atoms with Crippen LogP contribution in [0.2, 0.25) is 0 Å². The molecular weight excluding hydrogens is 262 g/mol. The zero-order valence-electron chi connectivity index (χ0n) is 11.8. The van der Waals surface area contributed by atoms with Crippen molar-refractivity contribution in [1.82, 2.24) is 5.32 Å². The molecule has 1 aromatic rings. The molecule has 0 saturated carbocycles. The van der Waals surface area contributed by atoms with Crippen LogP contribution in [-0.2, 0) is 14.6 Å². The minimum atomic E-state index is -3.17. The smallest absolute Gasteiger partial charge is 0.223 e. The topological polar surface area (TPSA) is 63.2 Å². The van der Waals surface area contributed by atoms with Gasteiger partial charge in [0.25, 0.3) is 0 Å². The number of hydrogen-bond acceptors (Lipinski definition) is 3. The average Bonchev–Trinajstić information content (AvgIpc) is 2.36. The molecule has 2 unspecified atom stereocenters. The zero-order valence-corrected chi connectivity index (χ0v) is 12.6. The molecule has 0 spiro atoms. The number of rotatable bonds is 5. The molecule has 4 nitrogen and oxygen atoms in total.